The Bertz CT molecular complexity index is 171. The minimum Gasteiger partial charge on any atom is -0.396 e. The van der Waals surface area contributed by atoms with E-state index in [9.17, 15) is 0 Å². The first kappa shape index (κ1) is 14.9. The second kappa shape index (κ2) is 8.90. The van der Waals surface area contributed by atoms with Gasteiger partial charge < -0.3 is 15.3 Å². The topological polar surface area (TPSA) is 35.5 Å². The van der Waals surface area contributed by atoms with Crippen molar-refractivity contribution in [1.29, 1.82) is 0 Å². The van der Waals surface area contributed by atoms with E-state index >= 15 is 0 Å². The van der Waals surface area contributed by atoms with Crippen LogP contribution in [-0.4, -0.2) is 48.8 Å². The normalized spacial score (nSPS) is 26.3. The Labute approximate surface area is 107 Å². The summed E-state index contributed by atoms with van der Waals surface area (Å²) in [7, 11) is 0. The molecule has 17 heavy (non-hydrogen) atoms. The fraction of sp³-hybridized carbons (Fsp3) is 1.00. The van der Waals surface area contributed by atoms with Gasteiger partial charge in [-0.05, 0) is 51.1 Å². The zero-order valence-corrected chi connectivity index (χ0v) is 11.6. The fourth-order valence-electron chi connectivity index (χ4n) is 2.89. The second-order valence-electron chi connectivity index (χ2n) is 5.38. The third kappa shape index (κ3) is 5.84. The summed E-state index contributed by atoms with van der Waals surface area (Å²) in [5, 5.41) is 12.6. The molecule has 0 spiro atoms. The third-order valence-corrected chi connectivity index (χ3v) is 3.61. The molecule has 0 aromatic heterocycles. The van der Waals surface area contributed by atoms with Crippen molar-refractivity contribution in [2.75, 3.05) is 32.8 Å². The fourth-order valence-corrected chi connectivity index (χ4v) is 2.89. The van der Waals surface area contributed by atoms with Crippen molar-refractivity contribution < 1.29 is 5.11 Å². The molecule has 1 aliphatic rings. The largest absolute Gasteiger partial charge is 0.396 e. The van der Waals surface area contributed by atoms with E-state index < -0.39 is 0 Å². The SMILES string of the molecule is CCCNC1CC(CCCO)CN(CCC)C1. The van der Waals surface area contributed by atoms with Crippen LogP contribution in [0.1, 0.15) is 46.0 Å². The molecule has 0 aliphatic carbocycles. The highest BCUT2D eigenvalue weighted by Gasteiger charge is 2.25. The highest BCUT2D eigenvalue weighted by Crippen LogP contribution is 2.21. The van der Waals surface area contributed by atoms with Gasteiger partial charge in [0, 0.05) is 25.7 Å². The summed E-state index contributed by atoms with van der Waals surface area (Å²) in [5.74, 6) is 0.775. The van der Waals surface area contributed by atoms with E-state index in [0.717, 1.165) is 18.9 Å². The minimum absolute atomic E-state index is 0.345. The van der Waals surface area contributed by atoms with Gasteiger partial charge in [0.05, 0.1) is 0 Å². The lowest BCUT2D eigenvalue weighted by atomic mass is 9.90. The number of piperidine rings is 1. The van der Waals surface area contributed by atoms with Gasteiger partial charge in [0.2, 0.25) is 0 Å². The van der Waals surface area contributed by atoms with Crippen LogP contribution in [0.25, 0.3) is 0 Å². The van der Waals surface area contributed by atoms with E-state index in [0.29, 0.717) is 12.6 Å². The first-order valence-corrected chi connectivity index (χ1v) is 7.36. The first-order valence-electron chi connectivity index (χ1n) is 7.36. The molecular weight excluding hydrogens is 212 g/mol. The van der Waals surface area contributed by atoms with E-state index in [1.807, 2.05) is 0 Å². The van der Waals surface area contributed by atoms with Crippen molar-refractivity contribution >= 4 is 0 Å². The predicted octanol–water partition coefficient (Wildman–Crippen LogP) is 1.86. The molecule has 2 unspecified atom stereocenters. The summed E-state index contributed by atoms with van der Waals surface area (Å²) in [6.07, 6.45) is 5.89. The summed E-state index contributed by atoms with van der Waals surface area (Å²) in [4.78, 5) is 2.60. The van der Waals surface area contributed by atoms with Gasteiger partial charge in [0.15, 0.2) is 0 Å². The summed E-state index contributed by atoms with van der Waals surface area (Å²) in [6, 6.07) is 0.666. The van der Waals surface area contributed by atoms with Crippen LogP contribution < -0.4 is 5.32 Å². The minimum atomic E-state index is 0.345. The highest BCUT2D eigenvalue weighted by molar-refractivity contribution is 4.83. The van der Waals surface area contributed by atoms with Crippen LogP contribution in [0.4, 0.5) is 0 Å². The van der Waals surface area contributed by atoms with Gasteiger partial charge in [0.25, 0.3) is 0 Å². The molecule has 1 saturated heterocycles. The summed E-state index contributed by atoms with van der Waals surface area (Å²) in [5.41, 5.74) is 0. The standard InChI is InChI=1S/C14H30N2O/c1-3-7-15-14-10-13(6-5-9-17)11-16(12-14)8-4-2/h13-15,17H,3-12H2,1-2H3. The van der Waals surface area contributed by atoms with Crippen molar-refractivity contribution in [1.82, 2.24) is 10.2 Å². The monoisotopic (exact) mass is 242 g/mol. The molecule has 3 nitrogen and oxygen atoms in total. The molecule has 1 rings (SSSR count). The lowest BCUT2D eigenvalue weighted by Gasteiger charge is -2.38. The number of nitrogens with zero attached hydrogens (tertiary/aromatic N) is 1. The van der Waals surface area contributed by atoms with Crippen LogP contribution >= 0.6 is 0 Å². The Morgan fingerprint density at radius 1 is 1.24 bits per heavy atom. The second-order valence-corrected chi connectivity index (χ2v) is 5.38. The molecule has 2 N–H and O–H groups in total. The van der Waals surface area contributed by atoms with Crippen molar-refractivity contribution in [2.24, 2.45) is 5.92 Å². The molecule has 0 bridgehead atoms. The Balaban J connectivity index is 2.37. The number of aliphatic hydroxyl groups excluding tert-OH is 1. The molecule has 0 aromatic carbocycles. The predicted molar refractivity (Wildman–Crippen MR) is 73.2 cm³/mol. The van der Waals surface area contributed by atoms with Crippen molar-refractivity contribution in [3.63, 3.8) is 0 Å². The molecule has 0 aromatic rings. The number of likely N-dealkylation sites (tertiary alicyclic amines) is 1. The molecule has 1 heterocycles. The van der Waals surface area contributed by atoms with Crippen molar-refractivity contribution in [3.05, 3.63) is 0 Å². The average Bonchev–Trinajstić information content (AvgIpc) is 2.34. The average molecular weight is 242 g/mol. The summed E-state index contributed by atoms with van der Waals surface area (Å²) < 4.78 is 0. The molecule has 102 valence electrons. The van der Waals surface area contributed by atoms with Crippen LogP contribution in [-0.2, 0) is 0 Å². The van der Waals surface area contributed by atoms with Crippen LogP contribution in [0.15, 0.2) is 0 Å². The molecule has 3 heteroatoms. The number of aliphatic hydroxyl groups is 1. The lowest BCUT2D eigenvalue weighted by molar-refractivity contribution is 0.130. The van der Waals surface area contributed by atoms with Gasteiger partial charge in [-0.1, -0.05) is 13.8 Å². The molecular formula is C14H30N2O. The Hall–Kier alpha value is -0.120. The van der Waals surface area contributed by atoms with Crippen LogP contribution in [0.2, 0.25) is 0 Å². The maximum absolute atomic E-state index is 8.94. The highest BCUT2D eigenvalue weighted by atomic mass is 16.2. The lowest BCUT2D eigenvalue weighted by Crippen LogP contribution is -2.49. The smallest absolute Gasteiger partial charge is 0.0431 e. The Morgan fingerprint density at radius 3 is 2.71 bits per heavy atom. The van der Waals surface area contributed by atoms with E-state index in [-0.39, 0.29) is 0 Å². The van der Waals surface area contributed by atoms with Crippen molar-refractivity contribution in [3.8, 4) is 0 Å². The number of nitrogens with one attached hydrogen (secondary N) is 1. The van der Waals surface area contributed by atoms with Crippen molar-refractivity contribution in [2.45, 2.75) is 52.0 Å². The summed E-state index contributed by atoms with van der Waals surface area (Å²) in [6.45, 7) is 9.63. The van der Waals surface area contributed by atoms with E-state index in [2.05, 4.69) is 24.1 Å². The number of hydrogen-bond acceptors (Lipinski definition) is 3. The van der Waals surface area contributed by atoms with Crippen LogP contribution in [0, 0.1) is 5.92 Å². The molecule has 1 fully saturated rings. The maximum atomic E-state index is 8.94. The Kier molecular flexibility index (Phi) is 7.82. The number of rotatable bonds is 8. The Morgan fingerprint density at radius 2 is 2.06 bits per heavy atom. The van der Waals surface area contributed by atoms with E-state index in [1.54, 1.807) is 0 Å². The summed E-state index contributed by atoms with van der Waals surface area (Å²) >= 11 is 0. The number of hydrogen-bond donors (Lipinski definition) is 2. The third-order valence-electron chi connectivity index (χ3n) is 3.61. The van der Waals surface area contributed by atoms with Gasteiger partial charge in [-0.15, -0.1) is 0 Å². The first-order chi connectivity index (χ1) is 8.30. The quantitative estimate of drug-likeness (QED) is 0.682. The van der Waals surface area contributed by atoms with E-state index in [1.165, 1.54) is 45.3 Å². The molecule has 0 amide bonds. The zero-order chi connectivity index (χ0) is 12.5. The van der Waals surface area contributed by atoms with Gasteiger partial charge in [-0.2, -0.15) is 0 Å². The maximum Gasteiger partial charge on any atom is 0.0431 e. The van der Waals surface area contributed by atoms with Gasteiger partial charge >= 0.3 is 0 Å². The van der Waals surface area contributed by atoms with Crippen LogP contribution in [0.3, 0.4) is 0 Å². The molecule has 0 radical (unpaired) electrons. The van der Waals surface area contributed by atoms with Crippen LogP contribution in [0.5, 0.6) is 0 Å². The molecule has 0 saturated carbocycles. The van der Waals surface area contributed by atoms with Gasteiger partial charge in [-0.3, -0.25) is 0 Å². The molecule has 2 atom stereocenters. The van der Waals surface area contributed by atoms with E-state index in [4.69, 9.17) is 5.11 Å². The zero-order valence-electron chi connectivity index (χ0n) is 11.6. The van der Waals surface area contributed by atoms with Gasteiger partial charge in [-0.25, -0.2) is 0 Å². The molecule has 1 aliphatic heterocycles. The van der Waals surface area contributed by atoms with Gasteiger partial charge in [0.1, 0.15) is 0 Å².